The molecule has 3 rings (SSSR count). The second-order valence-electron chi connectivity index (χ2n) is 11.3. The molecule has 1 aliphatic rings. The molecule has 1 N–H and O–H groups in total. The molecule has 1 heterocycles. The van der Waals surface area contributed by atoms with E-state index < -0.39 is 41.7 Å². The Kier molecular flexibility index (Phi) is 10.3. The number of halogens is 1. The highest BCUT2D eigenvalue weighted by atomic mass is 19.1. The van der Waals surface area contributed by atoms with Gasteiger partial charge in [-0.1, -0.05) is 68.5 Å². The Balaban J connectivity index is 1.86. The van der Waals surface area contributed by atoms with Crippen molar-refractivity contribution in [3.63, 3.8) is 0 Å². The predicted octanol–water partition coefficient (Wildman–Crippen LogP) is 6.07. The number of hydrogen-bond acceptors (Lipinski definition) is 5. The zero-order valence-corrected chi connectivity index (χ0v) is 23.4. The highest BCUT2D eigenvalue weighted by molar-refractivity contribution is 5.95. The van der Waals surface area contributed by atoms with Gasteiger partial charge in [0.05, 0.1) is 18.0 Å². The van der Waals surface area contributed by atoms with Gasteiger partial charge in [0, 0.05) is 0 Å². The molecule has 39 heavy (non-hydrogen) atoms. The van der Waals surface area contributed by atoms with Gasteiger partial charge in [-0.3, -0.25) is 4.79 Å². The van der Waals surface area contributed by atoms with Crippen LogP contribution in [0, 0.1) is 17.7 Å². The minimum Gasteiger partial charge on any atom is -0.447 e. The molecule has 0 spiro atoms. The average Bonchev–Trinajstić information content (AvgIpc) is 3.21. The minimum atomic E-state index is -0.741. The monoisotopic (exact) mass is 538 g/mol. The Morgan fingerprint density at radius 3 is 2.36 bits per heavy atom. The number of ether oxygens (including phenoxy) is 2. The number of carbonyl (C=O) groups is 3. The van der Waals surface area contributed by atoms with Crippen molar-refractivity contribution < 1.29 is 28.2 Å². The molecular weight excluding hydrogens is 499 g/mol. The van der Waals surface area contributed by atoms with Gasteiger partial charge in [-0.15, -0.1) is 0 Å². The summed E-state index contributed by atoms with van der Waals surface area (Å²) in [6.07, 6.45) is 3.62. The third kappa shape index (κ3) is 9.53. The number of alkyl carbamates (subject to hydrolysis) is 1. The fraction of sp³-hybridized carbons (Fsp3) is 0.452. The number of rotatable bonds is 10. The summed E-state index contributed by atoms with van der Waals surface area (Å²) in [6.45, 7) is 9.55. The first-order chi connectivity index (χ1) is 18.4. The van der Waals surface area contributed by atoms with Crippen molar-refractivity contribution in [2.24, 2.45) is 11.8 Å². The van der Waals surface area contributed by atoms with Crippen LogP contribution in [0.15, 0.2) is 66.7 Å². The summed E-state index contributed by atoms with van der Waals surface area (Å²) in [6, 6.07) is 14.7. The maximum atomic E-state index is 13.9. The van der Waals surface area contributed by atoms with Crippen LogP contribution >= 0.6 is 0 Å². The van der Waals surface area contributed by atoms with Crippen LogP contribution in [0.5, 0.6) is 0 Å². The van der Waals surface area contributed by atoms with Crippen LogP contribution in [0.25, 0.3) is 0 Å². The number of imide groups is 1. The lowest BCUT2D eigenvalue weighted by molar-refractivity contribution is -0.131. The Morgan fingerprint density at radius 1 is 1.08 bits per heavy atom. The van der Waals surface area contributed by atoms with Crippen LogP contribution in [0.3, 0.4) is 0 Å². The fourth-order valence-corrected chi connectivity index (χ4v) is 4.48. The number of cyclic esters (lactones) is 1. The maximum Gasteiger partial charge on any atom is 0.417 e. The van der Waals surface area contributed by atoms with Crippen molar-refractivity contribution in [3.05, 3.63) is 83.7 Å². The Morgan fingerprint density at radius 2 is 1.74 bits per heavy atom. The molecule has 2 aromatic carbocycles. The molecule has 3 atom stereocenters. The lowest BCUT2D eigenvalue weighted by atomic mass is 9.94. The molecule has 0 bridgehead atoms. The van der Waals surface area contributed by atoms with E-state index in [9.17, 15) is 18.8 Å². The summed E-state index contributed by atoms with van der Waals surface area (Å²) in [5, 5.41) is 2.88. The van der Waals surface area contributed by atoms with Gasteiger partial charge in [0.1, 0.15) is 18.0 Å². The smallest absolute Gasteiger partial charge is 0.417 e. The number of hydrogen-bond donors (Lipinski definition) is 1. The van der Waals surface area contributed by atoms with Gasteiger partial charge in [-0.25, -0.2) is 18.9 Å². The van der Waals surface area contributed by atoms with Gasteiger partial charge >= 0.3 is 12.2 Å². The normalized spacial score (nSPS) is 17.3. The van der Waals surface area contributed by atoms with E-state index in [-0.39, 0.29) is 24.8 Å². The van der Waals surface area contributed by atoms with Crippen molar-refractivity contribution in [2.45, 2.75) is 71.6 Å². The van der Waals surface area contributed by atoms with Gasteiger partial charge in [0.15, 0.2) is 0 Å². The van der Waals surface area contributed by atoms with E-state index in [0.29, 0.717) is 12.8 Å². The SMILES string of the molecule is CC(C)C[C@@H](/C=C/[C@H](Cc1ccc(F)cc1)C(=O)N1C(=O)OC[C@@H]1Cc1ccccc1)NC(=O)OC(C)(C)C. The van der Waals surface area contributed by atoms with Crippen LogP contribution in [0.1, 0.15) is 52.2 Å². The zero-order chi connectivity index (χ0) is 28.6. The lowest BCUT2D eigenvalue weighted by Crippen LogP contribution is -2.44. The molecule has 0 saturated carbocycles. The minimum absolute atomic E-state index is 0.114. The summed E-state index contributed by atoms with van der Waals surface area (Å²) in [5.41, 5.74) is 1.08. The van der Waals surface area contributed by atoms with Crippen molar-refractivity contribution >= 4 is 18.1 Å². The largest absolute Gasteiger partial charge is 0.447 e. The van der Waals surface area contributed by atoms with Crippen molar-refractivity contribution in [2.75, 3.05) is 6.61 Å². The van der Waals surface area contributed by atoms with E-state index in [1.807, 2.05) is 44.2 Å². The van der Waals surface area contributed by atoms with Crippen LogP contribution in [0.2, 0.25) is 0 Å². The summed E-state index contributed by atoms with van der Waals surface area (Å²) in [7, 11) is 0. The van der Waals surface area contributed by atoms with Crippen LogP contribution in [0.4, 0.5) is 14.0 Å². The summed E-state index contributed by atoms with van der Waals surface area (Å²) < 4.78 is 24.3. The summed E-state index contributed by atoms with van der Waals surface area (Å²) in [4.78, 5) is 40.3. The molecule has 3 amide bonds. The van der Waals surface area contributed by atoms with Gasteiger partial charge < -0.3 is 14.8 Å². The Labute approximate surface area is 230 Å². The molecule has 0 aromatic heterocycles. The molecular formula is C31H39FN2O5. The summed E-state index contributed by atoms with van der Waals surface area (Å²) in [5.74, 6) is -1.26. The quantitative estimate of drug-likeness (QED) is 0.371. The van der Waals surface area contributed by atoms with Gasteiger partial charge in [0.25, 0.3) is 0 Å². The van der Waals surface area contributed by atoms with Crippen molar-refractivity contribution in [1.82, 2.24) is 10.2 Å². The van der Waals surface area contributed by atoms with E-state index in [1.165, 1.54) is 17.0 Å². The van der Waals surface area contributed by atoms with Gasteiger partial charge in [0.2, 0.25) is 5.91 Å². The molecule has 2 aromatic rings. The highest BCUT2D eigenvalue weighted by Crippen LogP contribution is 2.23. The summed E-state index contributed by atoms with van der Waals surface area (Å²) >= 11 is 0. The average molecular weight is 539 g/mol. The number of amides is 3. The van der Waals surface area contributed by atoms with Crippen LogP contribution in [-0.4, -0.2) is 47.3 Å². The predicted molar refractivity (Wildman–Crippen MR) is 147 cm³/mol. The molecule has 1 aliphatic heterocycles. The van der Waals surface area contributed by atoms with E-state index in [1.54, 1.807) is 45.1 Å². The first kappa shape index (κ1) is 29.9. The third-order valence-corrected chi connectivity index (χ3v) is 6.20. The van der Waals surface area contributed by atoms with E-state index in [0.717, 1.165) is 11.1 Å². The van der Waals surface area contributed by atoms with Crippen molar-refractivity contribution in [3.8, 4) is 0 Å². The molecule has 1 saturated heterocycles. The molecule has 210 valence electrons. The first-order valence-corrected chi connectivity index (χ1v) is 13.4. The molecule has 0 radical (unpaired) electrons. The second-order valence-corrected chi connectivity index (χ2v) is 11.3. The molecule has 0 aliphatic carbocycles. The van der Waals surface area contributed by atoms with E-state index >= 15 is 0 Å². The van der Waals surface area contributed by atoms with Crippen LogP contribution in [-0.2, 0) is 27.1 Å². The molecule has 8 heteroatoms. The van der Waals surface area contributed by atoms with E-state index in [2.05, 4.69) is 5.32 Å². The lowest BCUT2D eigenvalue weighted by Gasteiger charge is -2.25. The van der Waals surface area contributed by atoms with Gasteiger partial charge in [-0.05, 0) is 69.2 Å². The topological polar surface area (TPSA) is 84.9 Å². The zero-order valence-electron chi connectivity index (χ0n) is 23.4. The highest BCUT2D eigenvalue weighted by Gasteiger charge is 2.40. The standard InChI is InChI=1S/C31H39FN2O5/c1-21(2)17-26(33-29(36)39-31(3,4)5)16-13-24(18-23-11-14-25(32)15-12-23)28(35)34-27(20-38-30(34)37)19-22-9-7-6-8-10-22/h6-16,21,24,26-27H,17-20H2,1-5H3,(H,33,36)/b16-13+/t24-,26-,27+/m1/s1. The Hall–Kier alpha value is -3.68. The molecule has 0 unspecified atom stereocenters. The maximum absolute atomic E-state index is 13.9. The van der Waals surface area contributed by atoms with E-state index in [4.69, 9.17) is 9.47 Å². The fourth-order valence-electron chi connectivity index (χ4n) is 4.48. The van der Waals surface area contributed by atoms with Crippen molar-refractivity contribution in [1.29, 1.82) is 0 Å². The Bertz CT molecular complexity index is 1140. The second kappa shape index (κ2) is 13.4. The number of benzene rings is 2. The number of carbonyl (C=O) groups excluding carboxylic acids is 3. The number of nitrogens with zero attached hydrogens (tertiary/aromatic N) is 1. The first-order valence-electron chi connectivity index (χ1n) is 13.4. The molecule has 7 nitrogen and oxygen atoms in total. The van der Waals surface area contributed by atoms with Gasteiger partial charge in [-0.2, -0.15) is 0 Å². The number of nitrogens with one attached hydrogen (secondary N) is 1. The van der Waals surface area contributed by atoms with Crippen LogP contribution < -0.4 is 5.32 Å². The molecule has 1 fully saturated rings. The third-order valence-electron chi connectivity index (χ3n) is 6.20.